The molecular formula is C20H28ClNO5. The molecule has 1 aromatic rings. The molecule has 7 heteroatoms. The van der Waals surface area contributed by atoms with Crippen LogP contribution in [0.25, 0.3) is 0 Å². The Balaban J connectivity index is 1.83. The van der Waals surface area contributed by atoms with Gasteiger partial charge in [0.25, 0.3) is 5.91 Å². The average Bonchev–Trinajstić information content (AvgIpc) is 3.20. The SMILES string of the molecule is COc1cc(C(=O)N2CCCCC2C2OCCO2)cc(Cl)c1OCC(C)C. The lowest BCUT2D eigenvalue weighted by Crippen LogP contribution is -2.50. The zero-order valence-corrected chi connectivity index (χ0v) is 17.0. The van der Waals surface area contributed by atoms with Crippen LogP contribution in [0.2, 0.25) is 5.02 Å². The molecule has 150 valence electrons. The molecule has 2 aliphatic rings. The predicted octanol–water partition coefficient (Wildman–Crippen LogP) is 3.75. The van der Waals surface area contributed by atoms with E-state index in [1.54, 1.807) is 19.2 Å². The number of piperidine rings is 1. The van der Waals surface area contributed by atoms with Crippen molar-refractivity contribution < 1.29 is 23.7 Å². The maximum Gasteiger partial charge on any atom is 0.254 e. The number of benzene rings is 1. The molecule has 0 N–H and O–H groups in total. The maximum atomic E-state index is 13.2. The van der Waals surface area contributed by atoms with Crippen molar-refractivity contribution in [3.8, 4) is 11.5 Å². The summed E-state index contributed by atoms with van der Waals surface area (Å²) in [7, 11) is 1.55. The van der Waals surface area contributed by atoms with E-state index >= 15 is 0 Å². The van der Waals surface area contributed by atoms with Crippen LogP contribution in [0, 0.1) is 5.92 Å². The second kappa shape index (κ2) is 9.13. The summed E-state index contributed by atoms with van der Waals surface area (Å²) in [6, 6.07) is 3.28. The molecule has 2 heterocycles. The lowest BCUT2D eigenvalue weighted by atomic mass is 10.00. The van der Waals surface area contributed by atoms with E-state index in [1.807, 2.05) is 4.90 Å². The van der Waals surface area contributed by atoms with Crippen molar-refractivity contribution in [3.63, 3.8) is 0 Å². The molecule has 2 saturated heterocycles. The second-order valence-electron chi connectivity index (χ2n) is 7.37. The molecule has 0 spiro atoms. The fourth-order valence-electron chi connectivity index (χ4n) is 3.49. The number of carbonyl (C=O) groups excluding carboxylic acids is 1. The van der Waals surface area contributed by atoms with Gasteiger partial charge in [-0.05, 0) is 37.3 Å². The zero-order chi connectivity index (χ0) is 19.4. The molecule has 1 amide bonds. The minimum atomic E-state index is -0.347. The highest BCUT2D eigenvalue weighted by Gasteiger charge is 2.37. The average molecular weight is 398 g/mol. The van der Waals surface area contributed by atoms with Gasteiger partial charge < -0.3 is 23.8 Å². The number of methoxy groups -OCH3 is 1. The van der Waals surface area contributed by atoms with Crippen molar-refractivity contribution in [1.29, 1.82) is 0 Å². The third kappa shape index (κ3) is 4.68. The number of likely N-dealkylation sites (tertiary alicyclic amines) is 1. The van der Waals surface area contributed by atoms with Crippen molar-refractivity contribution >= 4 is 17.5 Å². The van der Waals surface area contributed by atoms with Crippen LogP contribution in [0.3, 0.4) is 0 Å². The van der Waals surface area contributed by atoms with E-state index in [0.717, 1.165) is 19.3 Å². The van der Waals surface area contributed by atoms with Gasteiger partial charge in [0.15, 0.2) is 17.8 Å². The number of nitrogens with zero attached hydrogens (tertiary/aromatic N) is 1. The smallest absolute Gasteiger partial charge is 0.254 e. The molecule has 1 atom stereocenters. The predicted molar refractivity (Wildman–Crippen MR) is 103 cm³/mol. The van der Waals surface area contributed by atoms with Crippen LogP contribution in [0.1, 0.15) is 43.5 Å². The van der Waals surface area contributed by atoms with Crippen molar-refractivity contribution in [1.82, 2.24) is 4.90 Å². The Labute approximate surface area is 165 Å². The molecule has 0 bridgehead atoms. The van der Waals surface area contributed by atoms with E-state index in [0.29, 0.717) is 54.4 Å². The van der Waals surface area contributed by atoms with E-state index in [1.165, 1.54) is 0 Å². The Morgan fingerprint density at radius 1 is 1.30 bits per heavy atom. The third-order valence-electron chi connectivity index (χ3n) is 4.81. The van der Waals surface area contributed by atoms with Gasteiger partial charge in [-0.2, -0.15) is 0 Å². The zero-order valence-electron chi connectivity index (χ0n) is 16.2. The van der Waals surface area contributed by atoms with E-state index in [9.17, 15) is 4.79 Å². The molecule has 1 unspecified atom stereocenters. The van der Waals surface area contributed by atoms with Crippen LogP contribution in [0.5, 0.6) is 11.5 Å². The summed E-state index contributed by atoms with van der Waals surface area (Å²) in [5.41, 5.74) is 0.485. The maximum absolute atomic E-state index is 13.2. The Morgan fingerprint density at radius 3 is 2.70 bits per heavy atom. The molecule has 0 saturated carbocycles. The summed E-state index contributed by atoms with van der Waals surface area (Å²) in [4.78, 5) is 15.1. The van der Waals surface area contributed by atoms with Crippen LogP contribution in [-0.4, -0.2) is 56.6 Å². The second-order valence-corrected chi connectivity index (χ2v) is 7.77. The highest BCUT2D eigenvalue weighted by molar-refractivity contribution is 6.32. The van der Waals surface area contributed by atoms with Gasteiger partial charge in [-0.25, -0.2) is 0 Å². The lowest BCUT2D eigenvalue weighted by Gasteiger charge is -2.38. The highest BCUT2D eigenvalue weighted by Crippen LogP contribution is 2.37. The Kier molecular flexibility index (Phi) is 6.84. The number of hydrogen-bond donors (Lipinski definition) is 0. The van der Waals surface area contributed by atoms with Gasteiger partial charge in [0.2, 0.25) is 0 Å². The first-order valence-electron chi connectivity index (χ1n) is 9.55. The van der Waals surface area contributed by atoms with E-state index in [-0.39, 0.29) is 18.2 Å². The fourth-order valence-corrected chi connectivity index (χ4v) is 3.76. The first kappa shape index (κ1) is 20.2. The van der Waals surface area contributed by atoms with Crippen molar-refractivity contribution in [2.45, 2.75) is 45.4 Å². The van der Waals surface area contributed by atoms with Crippen LogP contribution in [0.15, 0.2) is 12.1 Å². The molecule has 2 aliphatic heterocycles. The summed E-state index contributed by atoms with van der Waals surface area (Å²) in [5, 5.41) is 0.375. The number of ether oxygens (including phenoxy) is 4. The Bertz CT molecular complexity index is 660. The highest BCUT2D eigenvalue weighted by atomic mass is 35.5. The summed E-state index contributed by atoms with van der Waals surface area (Å²) in [6.07, 6.45) is 2.55. The van der Waals surface area contributed by atoms with Gasteiger partial charge in [0.05, 0.1) is 38.0 Å². The topological polar surface area (TPSA) is 57.2 Å². The standard InChI is InChI=1S/C20H28ClNO5/c1-13(2)12-27-18-15(21)10-14(11-17(18)24-3)19(23)22-7-5-4-6-16(22)20-25-8-9-26-20/h10-11,13,16,20H,4-9,12H2,1-3H3. The monoisotopic (exact) mass is 397 g/mol. The number of hydrogen-bond acceptors (Lipinski definition) is 5. The van der Waals surface area contributed by atoms with Gasteiger partial charge in [-0.1, -0.05) is 25.4 Å². The first-order valence-corrected chi connectivity index (χ1v) is 9.93. The number of amides is 1. The van der Waals surface area contributed by atoms with E-state index < -0.39 is 0 Å². The van der Waals surface area contributed by atoms with Crippen LogP contribution >= 0.6 is 11.6 Å². The minimum Gasteiger partial charge on any atom is -0.493 e. The van der Waals surface area contributed by atoms with Crippen molar-refractivity contribution in [2.75, 3.05) is 33.5 Å². The van der Waals surface area contributed by atoms with Crippen LogP contribution < -0.4 is 9.47 Å². The molecule has 0 aliphatic carbocycles. The van der Waals surface area contributed by atoms with Gasteiger partial charge in [0, 0.05) is 12.1 Å². The van der Waals surface area contributed by atoms with Gasteiger partial charge in [-0.3, -0.25) is 4.79 Å². The molecule has 3 rings (SSSR count). The molecule has 2 fully saturated rings. The number of rotatable bonds is 6. The fraction of sp³-hybridized carbons (Fsp3) is 0.650. The van der Waals surface area contributed by atoms with E-state index in [2.05, 4.69) is 13.8 Å². The molecular weight excluding hydrogens is 370 g/mol. The lowest BCUT2D eigenvalue weighted by molar-refractivity contribution is -0.100. The first-order chi connectivity index (χ1) is 13.0. The summed E-state index contributed by atoms with van der Waals surface area (Å²) in [5.74, 6) is 1.21. The molecule has 0 radical (unpaired) electrons. The molecule has 6 nitrogen and oxygen atoms in total. The van der Waals surface area contributed by atoms with Gasteiger partial charge in [0.1, 0.15) is 0 Å². The summed E-state index contributed by atoms with van der Waals surface area (Å²) in [6.45, 7) is 6.46. The Hall–Kier alpha value is -1.50. The number of carbonyl (C=O) groups is 1. The summed E-state index contributed by atoms with van der Waals surface area (Å²) >= 11 is 6.42. The van der Waals surface area contributed by atoms with E-state index in [4.69, 9.17) is 30.5 Å². The number of halogens is 1. The molecule has 0 aromatic heterocycles. The van der Waals surface area contributed by atoms with Crippen LogP contribution in [0.4, 0.5) is 0 Å². The normalized spacial score (nSPS) is 20.9. The quantitative estimate of drug-likeness (QED) is 0.731. The van der Waals surface area contributed by atoms with Gasteiger partial charge >= 0.3 is 0 Å². The van der Waals surface area contributed by atoms with Crippen molar-refractivity contribution in [3.05, 3.63) is 22.7 Å². The largest absolute Gasteiger partial charge is 0.493 e. The minimum absolute atomic E-state index is 0.0737. The third-order valence-corrected chi connectivity index (χ3v) is 5.09. The molecule has 1 aromatic carbocycles. The summed E-state index contributed by atoms with van der Waals surface area (Å²) < 4.78 is 22.5. The van der Waals surface area contributed by atoms with Crippen molar-refractivity contribution in [2.24, 2.45) is 5.92 Å². The Morgan fingerprint density at radius 2 is 2.04 bits per heavy atom. The molecule has 27 heavy (non-hydrogen) atoms. The van der Waals surface area contributed by atoms with Gasteiger partial charge in [-0.15, -0.1) is 0 Å². The van der Waals surface area contributed by atoms with Crippen LogP contribution in [-0.2, 0) is 9.47 Å².